The monoisotopic (exact) mass is 439 g/mol. The number of carboxylic acids is 1. The maximum absolute atomic E-state index is 12.3. The Balaban J connectivity index is 1.50. The van der Waals surface area contributed by atoms with Gasteiger partial charge in [0.1, 0.15) is 6.61 Å². The first-order chi connectivity index (χ1) is 13.5. The van der Waals surface area contributed by atoms with Gasteiger partial charge in [-0.25, -0.2) is 19.6 Å². The van der Waals surface area contributed by atoms with E-state index in [4.69, 9.17) is 9.84 Å². The van der Waals surface area contributed by atoms with Crippen LogP contribution in [0.1, 0.15) is 27.7 Å². The van der Waals surface area contributed by atoms with Crippen LogP contribution >= 0.6 is 15.9 Å². The summed E-state index contributed by atoms with van der Waals surface area (Å²) in [4.78, 5) is 30.7. The number of hydrogen-bond donors (Lipinski definition) is 2. The van der Waals surface area contributed by atoms with Crippen molar-refractivity contribution < 1.29 is 19.4 Å². The molecule has 1 amide bonds. The number of halogens is 1. The van der Waals surface area contributed by atoms with Crippen molar-refractivity contribution in [3.63, 3.8) is 0 Å². The number of hydrogen-bond acceptors (Lipinski definition) is 5. The summed E-state index contributed by atoms with van der Waals surface area (Å²) < 4.78 is 5.77. The van der Waals surface area contributed by atoms with Crippen LogP contribution < -0.4 is 5.32 Å². The van der Waals surface area contributed by atoms with Crippen molar-refractivity contribution in [3.05, 3.63) is 76.2 Å². The standard InChI is InChI=1S/C20H14BrN3O4/c21-16-9-22-18(19(25)26)23-17(16)24-20(27)28-10-15-13-7-3-1-5-11(13)12-6-2-4-8-14(12)15/h1-9,15H,10H2,(H,25,26)(H,22,23,24,27). The molecule has 0 aliphatic heterocycles. The number of carbonyl (C=O) groups excluding carboxylic acids is 1. The number of anilines is 1. The SMILES string of the molecule is O=C(Nc1nc(C(=O)O)ncc1Br)OCC1c2ccccc2-c2ccccc21. The van der Waals surface area contributed by atoms with Crippen LogP contribution in [0.15, 0.2) is 59.2 Å². The molecule has 1 aliphatic rings. The number of carboxylic acid groups (broad SMARTS) is 1. The van der Waals surface area contributed by atoms with E-state index in [9.17, 15) is 9.59 Å². The number of rotatable bonds is 4. The summed E-state index contributed by atoms with van der Waals surface area (Å²) in [7, 11) is 0. The number of aromatic carboxylic acids is 1. The first-order valence-electron chi connectivity index (χ1n) is 8.42. The van der Waals surface area contributed by atoms with Crippen molar-refractivity contribution in [1.82, 2.24) is 9.97 Å². The normalized spacial score (nSPS) is 12.2. The van der Waals surface area contributed by atoms with Gasteiger partial charge in [-0.2, -0.15) is 0 Å². The van der Waals surface area contributed by atoms with E-state index in [0.29, 0.717) is 4.47 Å². The first kappa shape index (κ1) is 18.1. The molecule has 140 valence electrons. The summed E-state index contributed by atoms with van der Waals surface area (Å²) in [5, 5.41) is 11.4. The lowest BCUT2D eigenvalue weighted by Crippen LogP contribution is -2.19. The maximum atomic E-state index is 12.3. The molecule has 0 fully saturated rings. The van der Waals surface area contributed by atoms with Crippen molar-refractivity contribution in [2.45, 2.75) is 5.92 Å². The second-order valence-electron chi connectivity index (χ2n) is 6.15. The molecule has 0 saturated carbocycles. The Morgan fingerprint density at radius 2 is 1.68 bits per heavy atom. The molecule has 28 heavy (non-hydrogen) atoms. The molecule has 2 N–H and O–H groups in total. The Morgan fingerprint density at radius 1 is 1.07 bits per heavy atom. The summed E-state index contributed by atoms with van der Waals surface area (Å²) >= 11 is 3.18. The number of nitrogens with zero attached hydrogens (tertiary/aromatic N) is 2. The highest BCUT2D eigenvalue weighted by atomic mass is 79.9. The Morgan fingerprint density at radius 3 is 2.29 bits per heavy atom. The molecule has 0 saturated heterocycles. The number of carbonyl (C=O) groups is 2. The molecule has 0 radical (unpaired) electrons. The van der Waals surface area contributed by atoms with Gasteiger partial charge in [0.15, 0.2) is 5.82 Å². The fourth-order valence-corrected chi connectivity index (χ4v) is 3.58. The summed E-state index contributed by atoms with van der Waals surface area (Å²) in [6.45, 7) is 0.147. The molecule has 0 bridgehead atoms. The molecule has 0 spiro atoms. The van der Waals surface area contributed by atoms with E-state index >= 15 is 0 Å². The highest BCUT2D eigenvalue weighted by Gasteiger charge is 2.29. The molecule has 1 heterocycles. The second-order valence-corrected chi connectivity index (χ2v) is 7.00. The molecule has 8 heteroatoms. The highest BCUT2D eigenvalue weighted by molar-refractivity contribution is 9.10. The Labute approximate surface area is 168 Å². The fourth-order valence-electron chi connectivity index (χ4n) is 3.29. The van der Waals surface area contributed by atoms with E-state index in [1.807, 2.05) is 36.4 Å². The smallest absolute Gasteiger partial charge is 0.412 e. The molecule has 3 aromatic rings. The molecule has 4 rings (SSSR count). The topological polar surface area (TPSA) is 101 Å². The highest BCUT2D eigenvalue weighted by Crippen LogP contribution is 2.44. The second kappa shape index (κ2) is 7.40. The quantitative estimate of drug-likeness (QED) is 0.628. The molecule has 1 aliphatic carbocycles. The van der Waals surface area contributed by atoms with Crippen LogP contribution in [0.25, 0.3) is 11.1 Å². The van der Waals surface area contributed by atoms with Crippen LogP contribution in [0.4, 0.5) is 10.6 Å². The molecular formula is C20H14BrN3O4. The minimum atomic E-state index is -1.29. The van der Waals surface area contributed by atoms with Crippen LogP contribution in [-0.2, 0) is 4.74 Å². The van der Waals surface area contributed by atoms with Crippen molar-refractivity contribution in [3.8, 4) is 11.1 Å². The van der Waals surface area contributed by atoms with Gasteiger partial charge in [0.05, 0.1) is 4.47 Å². The van der Waals surface area contributed by atoms with Crippen LogP contribution in [0.2, 0.25) is 0 Å². The zero-order chi connectivity index (χ0) is 19.7. The fraction of sp³-hybridized carbons (Fsp3) is 0.100. The van der Waals surface area contributed by atoms with Gasteiger partial charge in [-0.1, -0.05) is 48.5 Å². The van der Waals surface area contributed by atoms with Gasteiger partial charge >= 0.3 is 12.1 Å². The van der Waals surface area contributed by atoms with Crippen LogP contribution in [0.3, 0.4) is 0 Å². The average molecular weight is 440 g/mol. The van der Waals surface area contributed by atoms with Crippen LogP contribution in [0, 0.1) is 0 Å². The third-order valence-corrected chi connectivity index (χ3v) is 5.08. The van der Waals surface area contributed by atoms with E-state index < -0.39 is 17.9 Å². The van der Waals surface area contributed by atoms with Gasteiger partial charge in [-0.3, -0.25) is 5.32 Å². The van der Waals surface area contributed by atoms with Crippen molar-refractivity contribution in [2.75, 3.05) is 11.9 Å². The predicted octanol–water partition coefficient (Wildman–Crippen LogP) is 4.30. The summed E-state index contributed by atoms with van der Waals surface area (Å²) in [6, 6.07) is 16.1. The Bertz CT molecular complexity index is 1040. The molecule has 7 nitrogen and oxygen atoms in total. The van der Waals surface area contributed by atoms with Gasteiger partial charge in [-0.15, -0.1) is 0 Å². The minimum Gasteiger partial charge on any atom is -0.475 e. The summed E-state index contributed by atoms with van der Waals surface area (Å²) in [5.74, 6) is -1.74. The lowest BCUT2D eigenvalue weighted by atomic mass is 9.98. The van der Waals surface area contributed by atoms with Crippen molar-refractivity contribution in [2.24, 2.45) is 0 Å². The van der Waals surface area contributed by atoms with Crippen molar-refractivity contribution in [1.29, 1.82) is 0 Å². The largest absolute Gasteiger partial charge is 0.475 e. The number of ether oxygens (including phenoxy) is 1. The summed E-state index contributed by atoms with van der Waals surface area (Å²) in [6.07, 6.45) is 0.535. The number of aromatic nitrogens is 2. The maximum Gasteiger partial charge on any atom is 0.412 e. The van der Waals surface area contributed by atoms with Crippen molar-refractivity contribution >= 4 is 33.8 Å². The molecule has 2 aromatic carbocycles. The number of nitrogens with one attached hydrogen (secondary N) is 1. The molecule has 1 aromatic heterocycles. The van der Waals surface area contributed by atoms with Gasteiger partial charge in [0.2, 0.25) is 5.82 Å². The van der Waals surface area contributed by atoms with E-state index in [1.165, 1.54) is 6.20 Å². The van der Waals surface area contributed by atoms with Crippen LogP contribution in [0.5, 0.6) is 0 Å². The van der Waals surface area contributed by atoms with E-state index in [0.717, 1.165) is 22.3 Å². The van der Waals surface area contributed by atoms with Gasteiger partial charge in [-0.05, 0) is 38.2 Å². The summed E-state index contributed by atoms with van der Waals surface area (Å²) in [5.41, 5.74) is 4.48. The Kier molecular flexibility index (Phi) is 4.79. The third-order valence-electron chi connectivity index (χ3n) is 4.50. The zero-order valence-electron chi connectivity index (χ0n) is 14.4. The number of fused-ring (bicyclic) bond motifs is 3. The van der Waals surface area contributed by atoms with Gasteiger partial charge < -0.3 is 9.84 Å². The van der Waals surface area contributed by atoms with E-state index in [2.05, 4.69) is 43.3 Å². The Hall–Kier alpha value is -3.26. The first-order valence-corrected chi connectivity index (χ1v) is 9.21. The predicted molar refractivity (Wildman–Crippen MR) is 105 cm³/mol. The van der Waals surface area contributed by atoms with E-state index in [1.54, 1.807) is 0 Å². The van der Waals surface area contributed by atoms with Gasteiger partial charge in [0.25, 0.3) is 0 Å². The van der Waals surface area contributed by atoms with Gasteiger partial charge in [0, 0.05) is 12.1 Å². The lowest BCUT2D eigenvalue weighted by Gasteiger charge is -2.14. The van der Waals surface area contributed by atoms with Crippen LogP contribution in [-0.4, -0.2) is 33.7 Å². The lowest BCUT2D eigenvalue weighted by molar-refractivity contribution is 0.0683. The molecular weight excluding hydrogens is 426 g/mol. The zero-order valence-corrected chi connectivity index (χ0v) is 16.0. The molecule has 0 unspecified atom stereocenters. The number of amides is 1. The number of benzene rings is 2. The van der Waals surface area contributed by atoms with E-state index in [-0.39, 0.29) is 18.3 Å². The minimum absolute atomic E-state index is 0.0321. The molecule has 0 atom stereocenters. The average Bonchev–Trinajstić information content (AvgIpc) is 3.02. The third kappa shape index (κ3) is 3.34.